The van der Waals surface area contributed by atoms with Gasteiger partial charge in [-0.25, -0.2) is 4.98 Å². The van der Waals surface area contributed by atoms with Gasteiger partial charge < -0.3 is 10.0 Å². The molecular weight excluding hydrogens is 512 g/mol. The standard InChI is InChI=1S/C35H56N2O2S/c1-10-37(11-2)30-36-28-24(40-30)20-32(7)25(31(28,5)6)15-16-34(9)26(32)13-12-23-27-22(21(3)4)14-17-35(27,29(38)39)19-18-33(23,34)8/h21-23,25-27H,10-20H2,1-9H3,(H,38,39)/t22-,23+,25-,26+,27+,32-,33+,34+,35-/m0/s1. The van der Waals surface area contributed by atoms with Gasteiger partial charge in [-0.3, -0.25) is 4.79 Å². The first-order valence-corrected chi connectivity index (χ1v) is 17.5. The van der Waals surface area contributed by atoms with E-state index in [1.54, 1.807) is 4.88 Å². The first-order valence-electron chi connectivity index (χ1n) is 16.7. The van der Waals surface area contributed by atoms with Crippen LogP contribution in [0.5, 0.6) is 0 Å². The average molecular weight is 569 g/mol. The van der Waals surface area contributed by atoms with Gasteiger partial charge in [0.25, 0.3) is 0 Å². The number of carboxylic acid groups (broad SMARTS) is 1. The van der Waals surface area contributed by atoms with Crippen LogP contribution in [0.15, 0.2) is 0 Å². The quantitative estimate of drug-likeness (QED) is 0.385. The fraction of sp³-hybridized carbons (Fsp3) is 0.886. The molecule has 1 aromatic heterocycles. The molecule has 5 aliphatic carbocycles. The summed E-state index contributed by atoms with van der Waals surface area (Å²) in [5.41, 5.74) is 1.74. The first-order chi connectivity index (χ1) is 18.7. The summed E-state index contributed by atoms with van der Waals surface area (Å²) in [4.78, 5) is 22.3. The summed E-state index contributed by atoms with van der Waals surface area (Å²) < 4.78 is 0. The van der Waals surface area contributed by atoms with Gasteiger partial charge in [-0.05, 0) is 123 Å². The smallest absolute Gasteiger partial charge is 0.309 e. The van der Waals surface area contributed by atoms with E-state index in [0.29, 0.717) is 35.5 Å². The Labute approximate surface area is 248 Å². The number of carboxylic acids is 1. The molecule has 0 spiro atoms. The van der Waals surface area contributed by atoms with E-state index in [-0.39, 0.29) is 21.7 Å². The zero-order valence-corrected chi connectivity index (χ0v) is 27.7. The zero-order valence-electron chi connectivity index (χ0n) is 26.9. The Balaban J connectivity index is 1.40. The number of hydrogen-bond acceptors (Lipinski definition) is 4. The Morgan fingerprint density at radius 1 is 0.950 bits per heavy atom. The van der Waals surface area contributed by atoms with E-state index in [0.717, 1.165) is 38.8 Å². The topological polar surface area (TPSA) is 53.4 Å². The number of hydrogen-bond donors (Lipinski definition) is 1. The molecule has 0 aromatic carbocycles. The van der Waals surface area contributed by atoms with E-state index in [4.69, 9.17) is 4.98 Å². The number of fused-ring (bicyclic) bond motifs is 8. The van der Waals surface area contributed by atoms with E-state index < -0.39 is 11.4 Å². The summed E-state index contributed by atoms with van der Waals surface area (Å²) in [7, 11) is 0. The number of aromatic nitrogens is 1. The third kappa shape index (κ3) is 3.48. The molecule has 6 rings (SSSR count). The SMILES string of the molecule is CCN(CC)c1nc2c(s1)C[C@]1(C)[C@H]3CC[C@@H]4[C@H]5[C@H](C(C)C)CC[C@]5(C(=O)O)CC[C@@]4(C)[C@]3(C)CC[C@H]1C2(C)C. The number of aliphatic carboxylic acids is 1. The van der Waals surface area contributed by atoms with Crippen molar-refractivity contribution >= 4 is 22.4 Å². The van der Waals surface area contributed by atoms with Crippen molar-refractivity contribution in [2.75, 3.05) is 18.0 Å². The maximum Gasteiger partial charge on any atom is 0.309 e. The van der Waals surface area contributed by atoms with Crippen LogP contribution in [0.3, 0.4) is 0 Å². The van der Waals surface area contributed by atoms with Gasteiger partial charge in [-0.2, -0.15) is 0 Å². The first kappa shape index (κ1) is 29.0. The maximum atomic E-state index is 13.0. The van der Waals surface area contributed by atoms with Gasteiger partial charge >= 0.3 is 5.97 Å². The van der Waals surface area contributed by atoms with Crippen LogP contribution in [0.1, 0.15) is 124 Å². The molecule has 4 saturated carbocycles. The van der Waals surface area contributed by atoms with Crippen molar-refractivity contribution in [1.82, 2.24) is 4.98 Å². The molecule has 1 heterocycles. The van der Waals surface area contributed by atoms with Gasteiger partial charge in [0, 0.05) is 23.4 Å². The lowest BCUT2D eigenvalue weighted by atomic mass is 9.32. The van der Waals surface area contributed by atoms with E-state index in [2.05, 4.69) is 67.2 Å². The lowest BCUT2D eigenvalue weighted by molar-refractivity contribution is -0.229. The van der Waals surface area contributed by atoms with Crippen molar-refractivity contribution < 1.29 is 9.90 Å². The number of nitrogens with zero attached hydrogens (tertiary/aromatic N) is 2. The Morgan fingerprint density at radius 2 is 1.65 bits per heavy atom. The molecule has 1 aromatic rings. The third-order valence-electron chi connectivity index (χ3n) is 14.8. The lowest BCUT2D eigenvalue weighted by Crippen LogP contribution is -2.67. The molecule has 0 saturated heterocycles. The van der Waals surface area contributed by atoms with Gasteiger partial charge in [0.15, 0.2) is 5.13 Å². The van der Waals surface area contributed by atoms with Crippen molar-refractivity contribution in [2.45, 2.75) is 126 Å². The van der Waals surface area contributed by atoms with Gasteiger partial charge in [0.1, 0.15) is 0 Å². The molecule has 4 fully saturated rings. The molecule has 224 valence electrons. The molecule has 4 nitrogen and oxygen atoms in total. The van der Waals surface area contributed by atoms with Crippen LogP contribution < -0.4 is 4.90 Å². The van der Waals surface area contributed by atoms with Crippen LogP contribution in [-0.4, -0.2) is 29.1 Å². The summed E-state index contributed by atoms with van der Waals surface area (Å²) >= 11 is 1.98. The van der Waals surface area contributed by atoms with Crippen molar-refractivity contribution in [3.05, 3.63) is 10.6 Å². The Bertz CT molecular complexity index is 1170. The largest absolute Gasteiger partial charge is 0.481 e. The van der Waals surface area contributed by atoms with Crippen LogP contribution in [0.25, 0.3) is 0 Å². The fourth-order valence-electron chi connectivity index (χ4n) is 12.7. The molecule has 9 atom stereocenters. The van der Waals surface area contributed by atoms with Crippen LogP contribution in [0.4, 0.5) is 5.13 Å². The highest BCUT2D eigenvalue weighted by Gasteiger charge is 2.72. The van der Waals surface area contributed by atoms with Crippen LogP contribution in [0, 0.1) is 57.2 Å². The van der Waals surface area contributed by atoms with Gasteiger partial charge in [0.2, 0.25) is 0 Å². The molecule has 40 heavy (non-hydrogen) atoms. The molecular formula is C35H56N2O2S. The Kier molecular flexibility index (Phi) is 6.67. The minimum Gasteiger partial charge on any atom is -0.481 e. The summed E-state index contributed by atoms with van der Waals surface area (Å²) in [6.07, 6.45) is 10.2. The van der Waals surface area contributed by atoms with Gasteiger partial charge in [0.05, 0.1) is 11.1 Å². The van der Waals surface area contributed by atoms with E-state index in [1.807, 2.05) is 11.3 Å². The van der Waals surface area contributed by atoms with Gasteiger partial charge in [-0.1, -0.05) is 48.5 Å². The Morgan fingerprint density at radius 3 is 2.27 bits per heavy atom. The number of anilines is 1. The molecule has 0 radical (unpaired) electrons. The maximum absolute atomic E-state index is 13.0. The molecule has 0 unspecified atom stereocenters. The number of carbonyl (C=O) groups is 1. The van der Waals surface area contributed by atoms with E-state index in [9.17, 15) is 9.90 Å². The van der Waals surface area contributed by atoms with Crippen molar-refractivity contribution in [3.8, 4) is 0 Å². The lowest BCUT2D eigenvalue weighted by Gasteiger charge is -2.72. The normalized spacial score (nSPS) is 45.2. The second kappa shape index (κ2) is 9.20. The summed E-state index contributed by atoms with van der Waals surface area (Å²) in [6.45, 7) is 24.2. The fourth-order valence-corrected chi connectivity index (χ4v) is 14.2. The van der Waals surface area contributed by atoms with Crippen LogP contribution in [-0.2, 0) is 16.6 Å². The minimum absolute atomic E-state index is 0.0858. The van der Waals surface area contributed by atoms with Gasteiger partial charge in [-0.15, -0.1) is 11.3 Å². The second-order valence-electron chi connectivity index (χ2n) is 16.4. The third-order valence-corrected chi connectivity index (χ3v) is 15.9. The van der Waals surface area contributed by atoms with Crippen LogP contribution in [0.2, 0.25) is 0 Å². The zero-order chi connectivity index (χ0) is 29.0. The van der Waals surface area contributed by atoms with Crippen LogP contribution >= 0.6 is 11.3 Å². The molecule has 0 aliphatic heterocycles. The highest BCUT2D eigenvalue weighted by atomic mass is 32.1. The molecule has 5 aliphatic rings. The second-order valence-corrected chi connectivity index (χ2v) is 17.5. The van der Waals surface area contributed by atoms with Crippen molar-refractivity contribution in [2.24, 2.45) is 57.2 Å². The molecule has 5 heteroatoms. The highest BCUT2D eigenvalue weighted by molar-refractivity contribution is 7.15. The molecule has 0 amide bonds. The van der Waals surface area contributed by atoms with E-state index >= 15 is 0 Å². The number of thiazole rings is 1. The van der Waals surface area contributed by atoms with E-state index in [1.165, 1.54) is 42.9 Å². The number of rotatable bonds is 5. The molecule has 0 bridgehead atoms. The monoisotopic (exact) mass is 568 g/mol. The van der Waals surface area contributed by atoms with Crippen molar-refractivity contribution in [3.63, 3.8) is 0 Å². The Hall–Kier alpha value is -1.10. The predicted octanol–water partition coefficient (Wildman–Crippen LogP) is 8.83. The molecule has 1 N–H and O–H groups in total. The summed E-state index contributed by atoms with van der Waals surface area (Å²) in [6, 6.07) is 0. The average Bonchev–Trinajstić information content (AvgIpc) is 3.48. The summed E-state index contributed by atoms with van der Waals surface area (Å²) in [5, 5.41) is 11.9. The highest BCUT2D eigenvalue weighted by Crippen LogP contribution is 2.77. The summed E-state index contributed by atoms with van der Waals surface area (Å²) in [5.74, 6) is 2.85. The van der Waals surface area contributed by atoms with Crippen molar-refractivity contribution in [1.29, 1.82) is 0 Å². The minimum atomic E-state index is -0.485. The predicted molar refractivity (Wildman–Crippen MR) is 166 cm³/mol.